The monoisotopic (exact) mass is 840 g/mol. The van der Waals surface area contributed by atoms with E-state index in [-0.39, 0.29) is 16.2 Å². The molecule has 1 heterocycles. The Morgan fingerprint density at radius 3 is 1.74 bits per heavy atom. The van der Waals surface area contributed by atoms with Crippen molar-refractivity contribution in [1.82, 2.24) is 4.57 Å². The van der Waals surface area contributed by atoms with Gasteiger partial charge in [-0.25, -0.2) is 0 Å². The Balaban J connectivity index is 1.21. The van der Waals surface area contributed by atoms with Crippen LogP contribution < -0.4 is 4.90 Å². The van der Waals surface area contributed by atoms with Crippen LogP contribution in [0.15, 0.2) is 194 Å². The van der Waals surface area contributed by atoms with Crippen LogP contribution in [0, 0.1) is 0 Å². The van der Waals surface area contributed by atoms with E-state index in [0.717, 1.165) is 17.1 Å². The molecule has 0 saturated heterocycles. The van der Waals surface area contributed by atoms with Crippen LogP contribution in [0.5, 0.6) is 0 Å². The maximum Gasteiger partial charge on any atom is 0.0543 e. The second-order valence-corrected chi connectivity index (χ2v) is 20.6. The first-order valence-electron chi connectivity index (χ1n) is 23.2. The molecule has 0 radical (unpaired) electrons. The van der Waals surface area contributed by atoms with Gasteiger partial charge in [0.15, 0.2) is 0 Å². The average Bonchev–Trinajstić information content (AvgIpc) is 3.76. The molecule has 1 aliphatic rings. The predicted molar refractivity (Wildman–Crippen MR) is 279 cm³/mol. The third-order valence-electron chi connectivity index (χ3n) is 14.1. The molecule has 2 nitrogen and oxygen atoms in total. The van der Waals surface area contributed by atoms with Gasteiger partial charge >= 0.3 is 0 Å². The molecule has 0 unspecified atom stereocenters. The Morgan fingerprint density at radius 2 is 1.00 bits per heavy atom. The van der Waals surface area contributed by atoms with Crippen molar-refractivity contribution in [2.75, 3.05) is 4.90 Å². The molecule has 0 spiro atoms. The van der Waals surface area contributed by atoms with Crippen LogP contribution in [-0.2, 0) is 16.2 Å². The number of hydrogen-bond acceptors (Lipinski definition) is 1. The molecule has 0 atom stereocenters. The molecule has 65 heavy (non-hydrogen) atoms. The van der Waals surface area contributed by atoms with Crippen LogP contribution in [0.3, 0.4) is 0 Å². The number of hydrogen-bond donors (Lipinski definition) is 0. The molecule has 0 saturated carbocycles. The standard InChI is InChI=1S/C63H56N2/c1-61(2,3)43-37-42(38-44(39-43)62(4,5)6)47-28-18-21-41-22-19-29-50(59(41)47)48-25-13-16-32-55(48)65(58-34-20-31-54-60(58)51-27-12-15-30-53(51)63(54,7)8)46-35-36-57-52(40-46)49-26-14-17-33-56(49)64(57)45-23-10-9-11-24-45/h9-40H,1-8H3. The first kappa shape index (κ1) is 40.6. The van der Waals surface area contributed by atoms with Crippen LogP contribution in [0.1, 0.15) is 77.6 Å². The molecule has 0 aliphatic heterocycles. The van der Waals surface area contributed by atoms with Crippen molar-refractivity contribution in [2.45, 2.75) is 71.6 Å². The molecule has 1 aliphatic carbocycles. The van der Waals surface area contributed by atoms with Gasteiger partial charge in [-0.2, -0.15) is 0 Å². The molecule has 9 aromatic carbocycles. The van der Waals surface area contributed by atoms with Gasteiger partial charge < -0.3 is 9.47 Å². The summed E-state index contributed by atoms with van der Waals surface area (Å²) in [6, 6.07) is 72.7. The van der Waals surface area contributed by atoms with Gasteiger partial charge in [0.1, 0.15) is 0 Å². The van der Waals surface area contributed by atoms with Crippen LogP contribution >= 0.6 is 0 Å². The summed E-state index contributed by atoms with van der Waals surface area (Å²) in [5.41, 5.74) is 19.7. The first-order valence-corrected chi connectivity index (χ1v) is 23.2. The van der Waals surface area contributed by atoms with Crippen molar-refractivity contribution < 1.29 is 0 Å². The number of aromatic nitrogens is 1. The molecule has 318 valence electrons. The van der Waals surface area contributed by atoms with Crippen molar-refractivity contribution in [3.63, 3.8) is 0 Å². The van der Waals surface area contributed by atoms with E-state index in [1.54, 1.807) is 0 Å². The normalized spacial score (nSPS) is 13.4. The van der Waals surface area contributed by atoms with E-state index in [2.05, 4.69) is 259 Å². The van der Waals surface area contributed by atoms with Gasteiger partial charge in [-0.3, -0.25) is 0 Å². The lowest BCUT2D eigenvalue weighted by molar-refractivity contribution is 0.569. The highest BCUT2D eigenvalue weighted by atomic mass is 15.1. The summed E-state index contributed by atoms with van der Waals surface area (Å²) in [5.74, 6) is 0. The zero-order valence-corrected chi connectivity index (χ0v) is 38.9. The van der Waals surface area contributed by atoms with E-state index < -0.39 is 0 Å². The Labute approximate surface area is 384 Å². The third kappa shape index (κ3) is 6.61. The number of fused-ring (bicyclic) bond motifs is 7. The Hall–Kier alpha value is -7.16. The highest BCUT2D eigenvalue weighted by Gasteiger charge is 2.38. The van der Waals surface area contributed by atoms with Crippen molar-refractivity contribution in [1.29, 1.82) is 0 Å². The number of nitrogens with zero attached hydrogens (tertiary/aromatic N) is 2. The van der Waals surface area contributed by atoms with Crippen molar-refractivity contribution in [2.24, 2.45) is 0 Å². The van der Waals surface area contributed by atoms with Gasteiger partial charge in [-0.05, 0) is 115 Å². The van der Waals surface area contributed by atoms with E-state index in [0.29, 0.717) is 0 Å². The second-order valence-electron chi connectivity index (χ2n) is 20.6. The average molecular weight is 841 g/mol. The maximum atomic E-state index is 2.56. The van der Waals surface area contributed by atoms with Crippen LogP contribution in [0.4, 0.5) is 17.1 Å². The number of para-hydroxylation sites is 3. The molecule has 1 aromatic heterocycles. The third-order valence-corrected chi connectivity index (χ3v) is 14.1. The van der Waals surface area contributed by atoms with Gasteiger partial charge in [-0.1, -0.05) is 201 Å². The maximum absolute atomic E-state index is 2.56. The fourth-order valence-corrected chi connectivity index (χ4v) is 10.6. The van der Waals surface area contributed by atoms with E-state index in [9.17, 15) is 0 Å². The van der Waals surface area contributed by atoms with E-state index in [1.807, 2.05) is 0 Å². The van der Waals surface area contributed by atoms with Gasteiger partial charge in [0, 0.05) is 38.7 Å². The lowest BCUT2D eigenvalue weighted by atomic mass is 9.78. The van der Waals surface area contributed by atoms with Gasteiger partial charge in [0.25, 0.3) is 0 Å². The number of rotatable bonds is 6. The Bertz CT molecular complexity index is 3440. The Morgan fingerprint density at radius 1 is 0.431 bits per heavy atom. The molecule has 0 fully saturated rings. The number of benzene rings is 9. The summed E-state index contributed by atoms with van der Waals surface area (Å²) < 4.78 is 2.41. The van der Waals surface area contributed by atoms with Crippen LogP contribution in [0.25, 0.3) is 71.6 Å². The molecule has 11 rings (SSSR count). The minimum Gasteiger partial charge on any atom is -0.309 e. The zero-order chi connectivity index (χ0) is 44.8. The lowest BCUT2D eigenvalue weighted by Gasteiger charge is -2.31. The van der Waals surface area contributed by atoms with E-state index in [4.69, 9.17) is 0 Å². The fraction of sp³-hybridized carbons (Fsp3) is 0.175. The summed E-state index contributed by atoms with van der Waals surface area (Å²) >= 11 is 0. The summed E-state index contributed by atoms with van der Waals surface area (Å²) in [6.07, 6.45) is 0. The van der Waals surface area contributed by atoms with Crippen LogP contribution in [0.2, 0.25) is 0 Å². The van der Waals surface area contributed by atoms with E-state index >= 15 is 0 Å². The first-order chi connectivity index (χ1) is 31.3. The molecular formula is C63H56N2. The minimum atomic E-state index is -0.155. The molecular weight excluding hydrogens is 785 g/mol. The van der Waals surface area contributed by atoms with Gasteiger partial charge in [-0.15, -0.1) is 0 Å². The quantitative estimate of drug-likeness (QED) is 0.162. The van der Waals surface area contributed by atoms with Crippen molar-refractivity contribution in [3.8, 4) is 39.1 Å². The second kappa shape index (κ2) is 15.0. The van der Waals surface area contributed by atoms with Gasteiger partial charge in [0.05, 0.1) is 22.4 Å². The summed E-state index contributed by atoms with van der Waals surface area (Å²) in [6.45, 7) is 18.7. The van der Waals surface area contributed by atoms with Crippen molar-refractivity contribution in [3.05, 3.63) is 216 Å². The fourth-order valence-electron chi connectivity index (χ4n) is 10.6. The Kier molecular flexibility index (Phi) is 9.35. The molecule has 2 heteroatoms. The molecule has 0 bridgehead atoms. The molecule has 0 amide bonds. The highest BCUT2D eigenvalue weighted by Crippen LogP contribution is 2.55. The van der Waals surface area contributed by atoms with Gasteiger partial charge in [0.2, 0.25) is 0 Å². The predicted octanol–water partition coefficient (Wildman–Crippen LogP) is 17.6. The van der Waals surface area contributed by atoms with Crippen molar-refractivity contribution >= 4 is 49.6 Å². The largest absolute Gasteiger partial charge is 0.309 e. The topological polar surface area (TPSA) is 8.17 Å². The summed E-state index contributed by atoms with van der Waals surface area (Å²) in [4.78, 5) is 2.56. The highest BCUT2D eigenvalue weighted by molar-refractivity contribution is 6.12. The van der Waals surface area contributed by atoms with Crippen LogP contribution in [-0.4, -0.2) is 4.57 Å². The molecule has 10 aromatic rings. The molecule has 0 N–H and O–H groups in total. The zero-order valence-electron chi connectivity index (χ0n) is 38.9. The summed E-state index contributed by atoms with van der Waals surface area (Å²) in [5, 5.41) is 4.95. The SMILES string of the molecule is CC(C)(C)c1cc(-c2cccc3cccc(-c4ccccc4N(c4ccc5c(c4)c4ccccc4n5-c4ccccc4)c4cccc5c4-c4ccccc4C5(C)C)c23)cc(C(C)(C)C)c1. The minimum absolute atomic E-state index is 0.00580. The lowest BCUT2D eigenvalue weighted by Crippen LogP contribution is -2.16. The summed E-state index contributed by atoms with van der Waals surface area (Å²) in [7, 11) is 0. The number of anilines is 3. The van der Waals surface area contributed by atoms with E-state index in [1.165, 1.54) is 93.9 Å². The smallest absolute Gasteiger partial charge is 0.0543 e.